The number of thiophene rings is 1. The number of carbonyl (C=O) groups is 1. The number of aromatic nitrogens is 1. The monoisotopic (exact) mass is 224 g/mol. The summed E-state index contributed by atoms with van der Waals surface area (Å²) in [6.07, 6.45) is 0. The van der Waals surface area contributed by atoms with E-state index in [0.717, 1.165) is 15.6 Å². The summed E-state index contributed by atoms with van der Waals surface area (Å²) in [7, 11) is 0. The fourth-order valence-electron chi connectivity index (χ4n) is 1.08. The highest BCUT2D eigenvalue weighted by Crippen LogP contribution is 2.28. The molecule has 72 valence electrons. The lowest BCUT2D eigenvalue weighted by atomic mass is 10.3. The first-order chi connectivity index (χ1) is 6.66. The fourth-order valence-corrected chi connectivity index (χ4v) is 2.59. The number of hydrogen-bond donors (Lipinski definition) is 1. The number of primary amides is 1. The highest BCUT2D eigenvalue weighted by Gasteiger charge is 2.08. The molecule has 2 N–H and O–H groups in total. The SMILES string of the molecule is Cc1nc(-c2ccc(C(N)=O)s2)cs1. The van der Waals surface area contributed by atoms with E-state index in [-0.39, 0.29) is 5.91 Å². The summed E-state index contributed by atoms with van der Waals surface area (Å²) < 4.78 is 0. The number of thiazole rings is 1. The molecular formula is C9H8N2OS2. The average Bonchev–Trinajstić information content (AvgIpc) is 2.70. The maximum absolute atomic E-state index is 10.9. The van der Waals surface area contributed by atoms with Crippen molar-refractivity contribution in [3.05, 3.63) is 27.4 Å². The minimum absolute atomic E-state index is 0.381. The molecule has 0 fully saturated rings. The van der Waals surface area contributed by atoms with Gasteiger partial charge in [-0.15, -0.1) is 22.7 Å². The zero-order valence-corrected chi connectivity index (χ0v) is 9.11. The van der Waals surface area contributed by atoms with Crippen molar-refractivity contribution < 1.29 is 4.79 Å². The number of nitrogens with zero attached hydrogens (tertiary/aromatic N) is 1. The normalized spacial score (nSPS) is 10.4. The Morgan fingerprint density at radius 3 is 2.79 bits per heavy atom. The Balaban J connectivity index is 2.38. The van der Waals surface area contributed by atoms with Gasteiger partial charge in [0.25, 0.3) is 5.91 Å². The number of aryl methyl sites for hydroxylation is 1. The van der Waals surface area contributed by atoms with Crippen LogP contribution in [0.4, 0.5) is 0 Å². The molecule has 0 radical (unpaired) electrons. The van der Waals surface area contributed by atoms with Crippen LogP contribution in [0.2, 0.25) is 0 Å². The standard InChI is InChI=1S/C9H8N2OS2/c1-5-11-6(4-13-5)7-2-3-8(14-7)9(10)12/h2-4H,1H3,(H2,10,12). The molecule has 0 aliphatic carbocycles. The molecule has 0 unspecified atom stereocenters. The summed E-state index contributed by atoms with van der Waals surface area (Å²) in [5.41, 5.74) is 6.09. The van der Waals surface area contributed by atoms with Crippen molar-refractivity contribution in [1.82, 2.24) is 4.98 Å². The van der Waals surface area contributed by atoms with Crippen molar-refractivity contribution in [3.63, 3.8) is 0 Å². The van der Waals surface area contributed by atoms with E-state index in [2.05, 4.69) is 4.98 Å². The smallest absolute Gasteiger partial charge is 0.258 e. The van der Waals surface area contributed by atoms with Crippen molar-refractivity contribution >= 4 is 28.6 Å². The van der Waals surface area contributed by atoms with Gasteiger partial charge < -0.3 is 5.73 Å². The maximum Gasteiger partial charge on any atom is 0.258 e. The van der Waals surface area contributed by atoms with E-state index in [9.17, 15) is 4.79 Å². The van der Waals surface area contributed by atoms with Crippen LogP contribution in [0.25, 0.3) is 10.6 Å². The fraction of sp³-hybridized carbons (Fsp3) is 0.111. The molecule has 2 aromatic rings. The summed E-state index contributed by atoms with van der Waals surface area (Å²) in [6.45, 7) is 1.96. The molecule has 0 saturated heterocycles. The van der Waals surface area contributed by atoms with Gasteiger partial charge in [0, 0.05) is 5.38 Å². The van der Waals surface area contributed by atoms with E-state index in [1.54, 1.807) is 17.4 Å². The molecule has 1 amide bonds. The molecule has 2 rings (SSSR count). The Morgan fingerprint density at radius 1 is 1.50 bits per heavy atom. The first-order valence-electron chi connectivity index (χ1n) is 3.99. The maximum atomic E-state index is 10.9. The van der Waals surface area contributed by atoms with Crippen LogP contribution >= 0.6 is 22.7 Å². The number of amides is 1. The highest BCUT2D eigenvalue weighted by atomic mass is 32.1. The van der Waals surface area contributed by atoms with Crippen molar-refractivity contribution in [2.75, 3.05) is 0 Å². The van der Waals surface area contributed by atoms with Gasteiger partial charge in [0.05, 0.1) is 20.5 Å². The van der Waals surface area contributed by atoms with Crippen LogP contribution in [0.1, 0.15) is 14.7 Å². The first kappa shape index (κ1) is 9.36. The summed E-state index contributed by atoms with van der Waals surface area (Å²) in [5.74, 6) is -0.381. The average molecular weight is 224 g/mol. The molecule has 2 aromatic heterocycles. The second kappa shape index (κ2) is 3.51. The highest BCUT2D eigenvalue weighted by molar-refractivity contribution is 7.17. The molecule has 0 aliphatic rings. The second-order valence-electron chi connectivity index (χ2n) is 2.78. The first-order valence-corrected chi connectivity index (χ1v) is 5.68. The van der Waals surface area contributed by atoms with Crippen molar-refractivity contribution in [2.45, 2.75) is 6.92 Å². The second-order valence-corrected chi connectivity index (χ2v) is 4.93. The van der Waals surface area contributed by atoms with Gasteiger partial charge in [0.15, 0.2) is 0 Å². The van der Waals surface area contributed by atoms with Crippen LogP contribution in [0, 0.1) is 6.92 Å². The zero-order chi connectivity index (χ0) is 10.1. The molecular weight excluding hydrogens is 216 g/mol. The molecule has 0 saturated carbocycles. The van der Waals surface area contributed by atoms with Gasteiger partial charge >= 0.3 is 0 Å². The zero-order valence-electron chi connectivity index (χ0n) is 7.48. The lowest BCUT2D eigenvalue weighted by Gasteiger charge is -1.87. The summed E-state index contributed by atoms with van der Waals surface area (Å²) in [6, 6.07) is 3.61. The number of hydrogen-bond acceptors (Lipinski definition) is 4. The Hall–Kier alpha value is -1.20. The predicted molar refractivity (Wildman–Crippen MR) is 58.7 cm³/mol. The Kier molecular flexibility index (Phi) is 2.35. The van der Waals surface area contributed by atoms with Crippen LogP contribution in [0.3, 0.4) is 0 Å². The molecule has 0 atom stereocenters. The lowest BCUT2D eigenvalue weighted by Crippen LogP contribution is -2.07. The van der Waals surface area contributed by atoms with E-state index in [1.807, 2.05) is 18.4 Å². The molecule has 14 heavy (non-hydrogen) atoms. The van der Waals surface area contributed by atoms with Gasteiger partial charge in [-0.05, 0) is 19.1 Å². The molecule has 0 aromatic carbocycles. The Morgan fingerprint density at radius 2 is 2.29 bits per heavy atom. The predicted octanol–water partition coefficient (Wildman–Crippen LogP) is 2.28. The third kappa shape index (κ3) is 1.69. The summed E-state index contributed by atoms with van der Waals surface area (Å²) in [4.78, 5) is 16.8. The van der Waals surface area contributed by atoms with Gasteiger partial charge in [-0.25, -0.2) is 4.98 Å². The van der Waals surface area contributed by atoms with E-state index in [4.69, 9.17) is 5.73 Å². The minimum atomic E-state index is -0.381. The number of carbonyl (C=O) groups excluding carboxylic acids is 1. The molecule has 5 heteroatoms. The molecule has 0 aliphatic heterocycles. The van der Waals surface area contributed by atoms with Gasteiger partial charge in [-0.1, -0.05) is 0 Å². The molecule has 3 nitrogen and oxygen atoms in total. The number of rotatable bonds is 2. The van der Waals surface area contributed by atoms with Crippen molar-refractivity contribution in [1.29, 1.82) is 0 Å². The summed E-state index contributed by atoms with van der Waals surface area (Å²) >= 11 is 2.97. The van der Waals surface area contributed by atoms with Crippen LogP contribution in [0.5, 0.6) is 0 Å². The van der Waals surface area contributed by atoms with Crippen molar-refractivity contribution in [3.8, 4) is 10.6 Å². The largest absolute Gasteiger partial charge is 0.365 e. The van der Waals surface area contributed by atoms with E-state index in [1.165, 1.54) is 11.3 Å². The Labute approximate surface area is 89.2 Å². The van der Waals surface area contributed by atoms with Crippen molar-refractivity contribution in [2.24, 2.45) is 5.73 Å². The van der Waals surface area contributed by atoms with Crippen LogP contribution < -0.4 is 5.73 Å². The lowest BCUT2D eigenvalue weighted by molar-refractivity contribution is 0.100. The number of nitrogens with two attached hydrogens (primary N) is 1. The Bertz CT molecular complexity index is 473. The van der Waals surface area contributed by atoms with Crippen LogP contribution in [-0.4, -0.2) is 10.9 Å². The topological polar surface area (TPSA) is 56.0 Å². The summed E-state index contributed by atoms with van der Waals surface area (Å²) in [5, 5.41) is 3.00. The van der Waals surface area contributed by atoms with E-state index >= 15 is 0 Å². The van der Waals surface area contributed by atoms with Crippen LogP contribution in [0.15, 0.2) is 17.5 Å². The van der Waals surface area contributed by atoms with Gasteiger partial charge in [-0.3, -0.25) is 4.79 Å². The van der Waals surface area contributed by atoms with Gasteiger partial charge in [-0.2, -0.15) is 0 Å². The molecule has 2 heterocycles. The molecule has 0 bridgehead atoms. The van der Waals surface area contributed by atoms with Crippen LogP contribution in [-0.2, 0) is 0 Å². The third-order valence-corrected chi connectivity index (χ3v) is 3.62. The quantitative estimate of drug-likeness (QED) is 0.850. The minimum Gasteiger partial charge on any atom is -0.365 e. The third-order valence-electron chi connectivity index (χ3n) is 1.72. The van der Waals surface area contributed by atoms with Gasteiger partial charge in [0.1, 0.15) is 0 Å². The van der Waals surface area contributed by atoms with E-state index in [0.29, 0.717) is 4.88 Å². The van der Waals surface area contributed by atoms with E-state index < -0.39 is 0 Å². The molecule has 0 spiro atoms. The van der Waals surface area contributed by atoms with Gasteiger partial charge in [0.2, 0.25) is 0 Å².